The van der Waals surface area contributed by atoms with Crippen molar-refractivity contribution in [2.75, 3.05) is 42.9 Å². The van der Waals surface area contributed by atoms with Crippen LogP contribution in [-0.2, 0) is 13.1 Å². The van der Waals surface area contributed by atoms with Gasteiger partial charge in [-0.2, -0.15) is 0 Å². The number of piperazine rings is 1. The third-order valence-corrected chi connectivity index (χ3v) is 8.44. The molecule has 244 valence electrons. The predicted octanol–water partition coefficient (Wildman–Crippen LogP) is 3.54. The van der Waals surface area contributed by atoms with Gasteiger partial charge in [0.05, 0.1) is 5.39 Å². The third kappa shape index (κ3) is 7.20. The summed E-state index contributed by atoms with van der Waals surface area (Å²) in [7, 11) is 0. The number of allylic oxidation sites excluding steroid dienone is 5. The molecule has 2 aliphatic rings. The molecule has 12 nitrogen and oxygen atoms in total. The van der Waals surface area contributed by atoms with E-state index in [2.05, 4.69) is 46.2 Å². The number of hydrogen-bond donors (Lipinski definition) is 3. The summed E-state index contributed by atoms with van der Waals surface area (Å²) in [5.74, 6) is -1.25. The number of H-pyrrole nitrogens is 1. The molecule has 13 heteroatoms. The summed E-state index contributed by atoms with van der Waals surface area (Å²) in [5, 5.41) is 12.5. The molecule has 5 rings (SSSR count). The number of carboxylic acid groups (broad SMARTS) is 1. The van der Waals surface area contributed by atoms with Crippen molar-refractivity contribution in [3.05, 3.63) is 96.3 Å². The van der Waals surface area contributed by atoms with Gasteiger partial charge < -0.3 is 19.9 Å². The van der Waals surface area contributed by atoms with Gasteiger partial charge in [-0.25, -0.2) is 19.0 Å². The van der Waals surface area contributed by atoms with E-state index in [0.717, 1.165) is 31.1 Å². The maximum atomic E-state index is 15.1. The predicted molar refractivity (Wildman–Crippen MR) is 176 cm³/mol. The van der Waals surface area contributed by atoms with Crippen molar-refractivity contribution in [2.24, 2.45) is 5.92 Å². The Morgan fingerprint density at radius 3 is 2.52 bits per heavy atom. The minimum Gasteiger partial charge on any atom is -0.477 e. The highest BCUT2D eigenvalue weighted by Gasteiger charge is 2.23. The Labute approximate surface area is 265 Å². The van der Waals surface area contributed by atoms with E-state index in [-0.39, 0.29) is 22.4 Å². The second-order valence-electron chi connectivity index (χ2n) is 11.7. The average Bonchev–Trinajstić information content (AvgIpc) is 3.21. The lowest BCUT2D eigenvalue weighted by atomic mass is 10.1. The number of nitrogens with zero attached hydrogens (tertiary/aromatic N) is 5. The van der Waals surface area contributed by atoms with Crippen LogP contribution in [0.4, 0.5) is 16.0 Å². The highest BCUT2D eigenvalue weighted by atomic mass is 19.1. The second kappa shape index (κ2) is 14.1. The third-order valence-electron chi connectivity index (χ3n) is 8.44. The molecule has 0 amide bonds. The first-order chi connectivity index (χ1) is 22.1. The molecule has 1 aliphatic heterocycles. The number of aromatic nitrogens is 4. The lowest BCUT2D eigenvalue weighted by Gasteiger charge is -2.35. The normalized spacial score (nSPS) is 17.1. The van der Waals surface area contributed by atoms with Crippen molar-refractivity contribution in [1.82, 2.24) is 24.0 Å². The van der Waals surface area contributed by atoms with Gasteiger partial charge in [-0.15, -0.1) is 0 Å². The molecule has 3 N–H and O–H groups in total. The monoisotopic (exact) mass is 633 g/mol. The number of nitrogens with one attached hydrogen (secondary N) is 2. The van der Waals surface area contributed by atoms with Gasteiger partial charge >= 0.3 is 11.7 Å². The zero-order valence-corrected chi connectivity index (χ0v) is 26.4. The van der Waals surface area contributed by atoms with Crippen molar-refractivity contribution >= 4 is 28.6 Å². The van der Waals surface area contributed by atoms with Crippen LogP contribution in [0.1, 0.15) is 50.4 Å². The van der Waals surface area contributed by atoms with Crippen molar-refractivity contribution in [1.29, 1.82) is 0 Å². The maximum absolute atomic E-state index is 15.1. The molecule has 0 spiro atoms. The molecular formula is C33H40FN7O5. The Balaban J connectivity index is 1.15. The highest BCUT2D eigenvalue weighted by molar-refractivity contribution is 5.92. The van der Waals surface area contributed by atoms with Gasteiger partial charge in [-0.1, -0.05) is 26.0 Å². The van der Waals surface area contributed by atoms with Crippen LogP contribution in [0.5, 0.6) is 0 Å². The minimum atomic E-state index is -1.36. The summed E-state index contributed by atoms with van der Waals surface area (Å²) in [6.07, 6.45) is 11.7. The van der Waals surface area contributed by atoms with E-state index in [1.54, 1.807) is 11.5 Å². The van der Waals surface area contributed by atoms with E-state index in [4.69, 9.17) is 0 Å². The molecule has 46 heavy (non-hydrogen) atoms. The van der Waals surface area contributed by atoms with E-state index in [1.807, 2.05) is 17.1 Å². The number of aryl methyl sites for hydroxylation is 1. The van der Waals surface area contributed by atoms with Gasteiger partial charge in [0.2, 0.25) is 5.43 Å². The Bertz CT molecular complexity index is 1870. The van der Waals surface area contributed by atoms with Gasteiger partial charge in [-0.05, 0) is 62.4 Å². The highest BCUT2D eigenvalue weighted by Crippen LogP contribution is 2.23. The SMILES string of the molecule is CCC1=CC(C)C=CC(Nc2cc(=O)n(CCCCN3CCN(c4nc5c(cc4F)c(=O)c(C(=O)O)cn5CC)CC3)c(=O)[nH]2)=C1. The minimum absolute atomic E-state index is 0.0580. The number of carboxylic acids is 1. The van der Waals surface area contributed by atoms with Crippen molar-refractivity contribution in [3.63, 3.8) is 0 Å². The van der Waals surface area contributed by atoms with Crippen LogP contribution < -0.4 is 26.9 Å². The molecule has 4 heterocycles. The molecule has 0 saturated carbocycles. The van der Waals surface area contributed by atoms with Gasteiger partial charge in [0.1, 0.15) is 17.0 Å². The number of hydrogen-bond acceptors (Lipinski definition) is 8. The summed E-state index contributed by atoms with van der Waals surface area (Å²) in [5.41, 5.74) is 0.236. The number of aromatic amines is 1. The lowest BCUT2D eigenvalue weighted by molar-refractivity contribution is 0.0695. The number of fused-ring (bicyclic) bond motifs is 1. The van der Waals surface area contributed by atoms with E-state index in [1.165, 1.54) is 22.4 Å². The van der Waals surface area contributed by atoms with Crippen LogP contribution in [0.25, 0.3) is 11.0 Å². The Kier molecular flexibility index (Phi) is 10.0. The first-order valence-electron chi connectivity index (χ1n) is 15.7. The first-order valence-corrected chi connectivity index (χ1v) is 15.7. The molecule has 3 aromatic rings. The Morgan fingerprint density at radius 1 is 1.11 bits per heavy atom. The number of anilines is 2. The summed E-state index contributed by atoms with van der Waals surface area (Å²) in [6.45, 7) is 9.78. The van der Waals surface area contributed by atoms with Gasteiger partial charge in [0, 0.05) is 57.2 Å². The quantitative estimate of drug-likeness (QED) is 0.270. The number of halogens is 1. The molecule has 1 atom stereocenters. The van der Waals surface area contributed by atoms with Crippen LogP contribution >= 0.6 is 0 Å². The topological polar surface area (TPSA) is 146 Å². The summed E-state index contributed by atoms with van der Waals surface area (Å²) >= 11 is 0. The van der Waals surface area contributed by atoms with Crippen LogP contribution in [0.2, 0.25) is 0 Å². The zero-order valence-electron chi connectivity index (χ0n) is 26.4. The average molecular weight is 634 g/mol. The summed E-state index contributed by atoms with van der Waals surface area (Å²) in [6, 6.07) is 2.49. The molecule has 1 unspecified atom stereocenters. The number of unbranched alkanes of at least 4 members (excludes halogenated alkanes) is 1. The van der Waals surface area contributed by atoms with E-state index in [0.29, 0.717) is 57.4 Å². The molecule has 0 bridgehead atoms. The van der Waals surface area contributed by atoms with Gasteiger partial charge in [-0.3, -0.25) is 24.0 Å². The van der Waals surface area contributed by atoms with Gasteiger partial charge in [0.15, 0.2) is 11.6 Å². The number of aromatic carboxylic acids is 1. The van der Waals surface area contributed by atoms with Crippen LogP contribution in [0, 0.1) is 11.7 Å². The summed E-state index contributed by atoms with van der Waals surface area (Å²) < 4.78 is 17.9. The summed E-state index contributed by atoms with van der Waals surface area (Å²) in [4.78, 5) is 61.0. The molecular weight excluding hydrogens is 593 g/mol. The molecule has 1 aliphatic carbocycles. The first kappa shape index (κ1) is 32.6. The van der Waals surface area contributed by atoms with Crippen molar-refractivity contribution < 1.29 is 14.3 Å². The Hall–Kier alpha value is -4.78. The molecule has 0 aromatic carbocycles. The molecule has 0 radical (unpaired) electrons. The van der Waals surface area contributed by atoms with Crippen LogP contribution in [0.15, 0.2) is 68.3 Å². The number of rotatable bonds is 11. The second-order valence-corrected chi connectivity index (χ2v) is 11.7. The number of carbonyl (C=O) groups is 1. The molecule has 1 saturated heterocycles. The smallest absolute Gasteiger partial charge is 0.341 e. The fourth-order valence-corrected chi connectivity index (χ4v) is 5.88. The van der Waals surface area contributed by atoms with Crippen LogP contribution in [0.3, 0.4) is 0 Å². The van der Waals surface area contributed by atoms with Gasteiger partial charge in [0.25, 0.3) is 5.56 Å². The van der Waals surface area contributed by atoms with Crippen molar-refractivity contribution in [2.45, 2.75) is 53.1 Å². The zero-order chi connectivity index (χ0) is 33.0. The lowest BCUT2D eigenvalue weighted by Crippen LogP contribution is -2.47. The fourth-order valence-electron chi connectivity index (χ4n) is 5.88. The molecule has 1 fully saturated rings. The van der Waals surface area contributed by atoms with E-state index in [9.17, 15) is 24.3 Å². The van der Waals surface area contributed by atoms with Crippen molar-refractivity contribution in [3.8, 4) is 0 Å². The van der Waals surface area contributed by atoms with Crippen LogP contribution in [-0.4, -0.2) is 67.8 Å². The van der Waals surface area contributed by atoms with E-state index >= 15 is 4.39 Å². The standard InChI is InChI=1S/C33H40FN7O5/c1-4-22-16-21(3)8-9-23(17-22)35-27-19-28(42)41(33(46)36-27)11-7-6-10-38-12-14-40(15-13-38)31-26(34)18-24-29(43)25(32(44)45)20-39(5-2)30(24)37-31/h8-9,16-21,35H,4-7,10-15H2,1-3H3,(H,36,46)(H,44,45). The largest absolute Gasteiger partial charge is 0.477 e. The Morgan fingerprint density at radius 2 is 1.85 bits per heavy atom. The number of pyridine rings is 2. The fraction of sp³-hybridized carbons (Fsp3) is 0.424. The van der Waals surface area contributed by atoms with E-state index < -0.39 is 28.5 Å². The maximum Gasteiger partial charge on any atom is 0.341 e. The molecule has 3 aromatic heterocycles.